The van der Waals surface area contributed by atoms with Crippen LogP contribution < -0.4 is 5.32 Å². The van der Waals surface area contributed by atoms with Crippen LogP contribution in [0.1, 0.15) is 16.6 Å². The number of esters is 1. The van der Waals surface area contributed by atoms with E-state index >= 15 is 0 Å². The summed E-state index contributed by atoms with van der Waals surface area (Å²) in [4.78, 5) is 24.9. The van der Waals surface area contributed by atoms with Gasteiger partial charge in [-0.1, -0.05) is 41.9 Å². The van der Waals surface area contributed by atoms with Crippen molar-refractivity contribution in [2.45, 2.75) is 13.0 Å². The molecule has 0 aliphatic carbocycles. The minimum Gasteiger partial charge on any atom is -0.448 e. The number of rotatable bonds is 4. The summed E-state index contributed by atoms with van der Waals surface area (Å²) in [5.41, 5.74) is 0.480. The number of hydrogen-bond donors (Lipinski definition) is 1. The molecule has 4 nitrogen and oxygen atoms in total. The molecule has 0 bridgehead atoms. The van der Waals surface area contributed by atoms with Gasteiger partial charge in [-0.05, 0) is 36.6 Å². The first-order valence-corrected chi connectivity index (χ1v) is 8.49. The Hall–Kier alpha value is -2.37. The SMILES string of the molecule is C[C@H](OC(=O)c1cc2ccccc2s1)C(=O)Nc1ccccc1Cl. The Morgan fingerprint density at radius 1 is 1.12 bits per heavy atom. The average molecular weight is 360 g/mol. The quantitative estimate of drug-likeness (QED) is 0.684. The molecule has 3 rings (SSSR count). The number of fused-ring (bicyclic) bond motifs is 1. The number of benzene rings is 2. The number of amides is 1. The lowest BCUT2D eigenvalue weighted by atomic mass is 10.2. The smallest absolute Gasteiger partial charge is 0.349 e. The Labute approximate surface area is 148 Å². The lowest BCUT2D eigenvalue weighted by Crippen LogP contribution is -2.29. The molecule has 1 amide bonds. The number of para-hydroxylation sites is 1. The number of halogens is 1. The molecule has 0 aliphatic heterocycles. The minimum atomic E-state index is -0.931. The molecule has 1 atom stereocenters. The second kappa shape index (κ2) is 7.03. The van der Waals surface area contributed by atoms with Crippen molar-refractivity contribution >= 4 is 50.6 Å². The summed E-state index contributed by atoms with van der Waals surface area (Å²) >= 11 is 7.34. The Morgan fingerprint density at radius 3 is 2.58 bits per heavy atom. The summed E-state index contributed by atoms with van der Waals surface area (Å²) in [6.45, 7) is 1.53. The zero-order valence-electron chi connectivity index (χ0n) is 12.8. The van der Waals surface area contributed by atoms with E-state index in [1.54, 1.807) is 30.3 Å². The normalized spacial score (nSPS) is 11.9. The number of carbonyl (C=O) groups is 2. The molecule has 1 N–H and O–H groups in total. The second-order valence-electron chi connectivity index (χ2n) is 5.17. The highest BCUT2D eigenvalue weighted by atomic mass is 35.5. The van der Waals surface area contributed by atoms with Gasteiger partial charge < -0.3 is 10.1 Å². The highest BCUT2D eigenvalue weighted by Crippen LogP contribution is 2.26. The topological polar surface area (TPSA) is 55.4 Å². The maximum absolute atomic E-state index is 12.2. The van der Waals surface area contributed by atoms with Crippen molar-refractivity contribution in [3.63, 3.8) is 0 Å². The van der Waals surface area contributed by atoms with Crippen molar-refractivity contribution in [2.24, 2.45) is 0 Å². The minimum absolute atomic E-state index is 0.425. The Morgan fingerprint density at radius 2 is 1.83 bits per heavy atom. The van der Waals surface area contributed by atoms with Crippen LogP contribution >= 0.6 is 22.9 Å². The van der Waals surface area contributed by atoms with E-state index in [4.69, 9.17) is 16.3 Å². The molecule has 0 saturated carbocycles. The highest BCUT2D eigenvalue weighted by Gasteiger charge is 2.21. The predicted molar refractivity (Wildman–Crippen MR) is 96.8 cm³/mol. The molecule has 0 unspecified atom stereocenters. The summed E-state index contributed by atoms with van der Waals surface area (Å²) in [6.07, 6.45) is -0.931. The third kappa shape index (κ3) is 3.58. The molecule has 0 aliphatic rings. The summed E-state index contributed by atoms with van der Waals surface area (Å²) in [7, 11) is 0. The van der Waals surface area contributed by atoms with Crippen molar-refractivity contribution in [2.75, 3.05) is 5.32 Å². The van der Waals surface area contributed by atoms with E-state index in [0.717, 1.165) is 10.1 Å². The van der Waals surface area contributed by atoms with Gasteiger partial charge in [0.15, 0.2) is 6.10 Å². The van der Waals surface area contributed by atoms with Crippen LogP contribution in [0.5, 0.6) is 0 Å². The Bertz CT molecular complexity index is 873. The third-order valence-corrected chi connectivity index (χ3v) is 4.84. The van der Waals surface area contributed by atoms with Gasteiger partial charge in [-0.25, -0.2) is 4.79 Å². The molecule has 24 heavy (non-hydrogen) atoms. The van der Waals surface area contributed by atoms with Gasteiger partial charge >= 0.3 is 5.97 Å². The van der Waals surface area contributed by atoms with Gasteiger partial charge in [-0.3, -0.25) is 4.79 Å². The summed E-state index contributed by atoms with van der Waals surface area (Å²) in [5.74, 6) is -0.949. The number of hydrogen-bond acceptors (Lipinski definition) is 4. The van der Waals surface area contributed by atoms with E-state index in [1.165, 1.54) is 18.3 Å². The Balaban J connectivity index is 1.67. The molecule has 3 aromatic rings. The number of anilines is 1. The van der Waals surface area contributed by atoms with Crippen LogP contribution in [0.3, 0.4) is 0 Å². The molecule has 1 aromatic heterocycles. The maximum atomic E-state index is 12.2. The largest absolute Gasteiger partial charge is 0.448 e. The molecule has 0 radical (unpaired) electrons. The first kappa shape index (κ1) is 16.5. The summed E-state index contributed by atoms with van der Waals surface area (Å²) < 4.78 is 6.25. The summed E-state index contributed by atoms with van der Waals surface area (Å²) in [5, 5.41) is 4.05. The molecule has 0 fully saturated rings. The lowest BCUT2D eigenvalue weighted by molar-refractivity contribution is -0.123. The lowest BCUT2D eigenvalue weighted by Gasteiger charge is -2.13. The van der Waals surface area contributed by atoms with E-state index in [9.17, 15) is 9.59 Å². The van der Waals surface area contributed by atoms with Crippen molar-refractivity contribution in [1.29, 1.82) is 0 Å². The monoisotopic (exact) mass is 359 g/mol. The van der Waals surface area contributed by atoms with Gasteiger partial charge in [0.25, 0.3) is 5.91 Å². The van der Waals surface area contributed by atoms with Crippen LogP contribution in [-0.2, 0) is 9.53 Å². The molecule has 1 heterocycles. The van der Waals surface area contributed by atoms with E-state index in [0.29, 0.717) is 15.6 Å². The van der Waals surface area contributed by atoms with Gasteiger partial charge in [0.05, 0.1) is 10.7 Å². The maximum Gasteiger partial charge on any atom is 0.349 e. The fourth-order valence-corrected chi connectivity index (χ4v) is 3.28. The van der Waals surface area contributed by atoms with Crippen LogP contribution in [0.2, 0.25) is 5.02 Å². The molecule has 0 spiro atoms. The van der Waals surface area contributed by atoms with E-state index < -0.39 is 18.0 Å². The first-order chi connectivity index (χ1) is 11.5. The fourth-order valence-electron chi connectivity index (χ4n) is 2.15. The van der Waals surface area contributed by atoms with Crippen LogP contribution in [-0.4, -0.2) is 18.0 Å². The molecular formula is C18H14ClNO3S. The number of thiophene rings is 1. The van der Waals surface area contributed by atoms with Gasteiger partial charge in [0.1, 0.15) is 4.88 Å². The molecule has 2 aromatic carbocycles. The number of ether oxygens (including phenoxy) is 1. The van der Waals surface area contributed by atoms with Gasteiger partial charge in [-0.15, -0.1) is 11.3 Å². The van der Waals surface area contributed by atoms with Crippen molar-refractivity contribution in [3.05, 3.63) is 64.5 Å². The van der Waals surface area contributed by atoms with E-state index in [-0.39, 0.29) is 0 Å². The summed E-state index contributed by atoms with van der Waals surface area (Å²) in [6, 6.07) is 16.3. The third-order valence-electron chi connectivity index (χ3n) is 3.41. The zero-order chi connectivity index (χ0) is 17.1. The van der Waals surface area contributed by atoms with Crippen LogP contribution in [0, 0.1) is 0 Å². The number of nitrogens with one attached hydrogen (secondary N) is 1. The zero-order valence-corrected chi connectivity index (χ0v) is 14.4. The van der Waals surface area contributed by atoms with Gasteiger partial charge in [-0.2, -0.15) is 0 Å². The highest BCUT2D eigenvalue weighted by molar-refractivity contribution is 7.20. The second-order valence-corrected chi connectivity index (χ2v) is 6.66. The standard InChI is InChI=1S/C18H14ClNO3S/c1-11(17(21)20-14-8-4-3-7-13(14)19)23-18(22)16-10-12-6-2-5-9-15(12)24-16/h2-11H,1H3,(H,20,21)/t11-/m0/s1. The fraction of sp³-hybridized carbons (Fsp3) is 0.111. The molecule has 6 heteroatoms. The van der Waals surface area contributed by atoms with E-state index in [1.807, 2.05) is 24.3 Å². The van der Waals surface area contributed by atoms with Gasteiger partial charge in [0, 0.05) is 4.70 Å². The van der Waals surface area contributed by atoms with Crippen LogP contribution in [0.25, 0.3) is 10.1 Å². The average Bonchev–Trinajstić information content (AvgIpc) is 3.01. The molecule has 0 saturated heterocycles. The number of carbonyl (C=O) groups excluding carboxylic acids is 2. The molecule has 122 valence electrons. The van der Waals surface area contributed by atoms with Crippen molar-refractivity contribution in [3.8, 4) is 0 Å². The molecular weight excluding hydrogens is 346 g/mol. The van der Waals surface area contributed by atoms with Crippen LogP contribution in [0.15, 0.2) is 54.6 Å². The van der Waals surface area contributed by atoms with E-state index in [2.05, 4.69) is 5.32 Å². The van der Waals surface area contributed by atoms with Crippen molar-refractivity contribution < 1.29 is 14.3 Å². The predicted octanol–water partition coefficient (Wildman–Crippen LogP) is 4.74. The first-order valence-electron chi connectivity index (χ1n) is 7.29. The Kier molecular flexibility index (Phi) is 4.83. The van der Waals surface area contributed by atoms with Crippen molar-refractivity contribution in [1.82, 2.24) is 0 Å². The van der Waals surface area contributed by atoms with Gasteiger partial charge in [0.2, 0.25) is 0 Å². The van der Waals surface area contributed by atoms with Crippen LogP contribution in [0.4, 0.5) is 5.69 Å².